The Morgan fingerprint density at radius 3 is 2.71 bits per heavy atom. The van der Waals surface area contributed by atoms with E-state index in [9.17, 15) is 4.79 Å². The highest BCUT2D eigenvalue weighted by molar-refractivity contribution is 5.81. The highest BCUT2D eigenvalue weighted by atomic mass is 16.5. The number of esters is 1. The highest BCUT2D eigenvalue weighted by Gasteiger charge is 2.48. The number of ether oxygens (including phenoxy) is 1. The van der Waals surface area contributed by atoms with E-state index in [1.165, 1.54) is 13.5 Å². The minimum absolute atomic E-state index is 0.0862. The number of hydrogen-bond acceptors (Lipinski definition) is 3. The Kier molecular flexibility index (Phi) is 4.99. The molecule has 1 N–H and O–H groups in total. The molecule has 0 saturated heterocycles. The number of carbonyl (C=O) groups excluding carboxylic acids is 1. The summed E-state index contributed by atoms with van der Waals surface area (Å²) in [6.07, 6.45) is 4.24. The first kappa shape index (κ1) is 14.5. The molecule has 4 atom stereocenters. The summed E-state index contributed by atoms with van der Waals surface area (Å²) in [5.74, 6) is 0.814. The van der Waals surface area contributed by atoms with Crippen LogP contribution in [0.3, 0.4) is 0 Å². The molecular weight excluding hydrogens is 214 g/mol. The molecule has 1 aliphatic carbocycles. The van der Waals surface area contributed by atoms with Gasteiger partial charge >= 0.3 is 5.97 Å². The van der Waals surface area contributed by atoms with Crippen LogP contribution < -0.4 is 5.32 Å². The summed E-state index contributed by atoms with van der Waals surface area (Å²) in [7, 11) is 1.49. The maximum Gasteiger partial charge on any atom is 0.326 e. The summed E-state index contributed by atoms with van der Waals surface area (Å²) in [5.41, 5.74) is -0.470. The number of methoxy groups -OCH3 is 1. The van der Waals surface area contributed by atoms with E-state index in [-0.39, 0.29) is 5.97 Å². The average Bonchev–Trinajstić information content (AvgIpc) is 2.33. The van der Waals surface area contributed by atoms with Crippen LogP contribution in [0.5, 0.6) is 0 Å². The molecule has 1 fully saturated rings. The van der Waals surface area contributed by atoms with Crippen molar-refractivity contribution in [2.24, 2.45) is 11.8 Å². The minimum Gasteiger partial charge on any atom is -0.468 e. The molecule has 0 bridgehead atoms. The van der Waals surface area contributed by atoms with E-state index in [0.717, 1.165) is 19.3 Å². The molecule has 3 nitrogen and oxygen atoms in total. The van der Waals surface area contributed by atoms with Gasteiger partial charge in [0.1, 0.15) is 5.54 Å². The van der Waals surface area contributed by atoms with Gasteiger partial charge in [-0.1, -0.05) is 33.6 Å². The van der Waals surface area contributed by atoms with Crippen LogP contribution >= 0.6 is 0 Å². The first-order valence-corrected chi connectivity index (χ1v) is 6.84. The summed E-state index contributed by atoms with van der Waals surface area (Å²) >= 11 is 0. The van der Waals surface area contributed by atoms with Gasteiger partial charge in [0.2, 0.25) is 0 Å². The highest BCUT2D eigenvalue weighted by Crippen LogP contribution is 2.39. The Hall–Kier alpha value is -0.570. The predicted octanol–water partition coefficient (Wildman–Crippen LogP) is 2.74. The minimum atomic E-state index is -0.470. The zero-order valence-corrected chi connectivity index (χ0v) is 11.9. The molecule has 0 aromatic heterocycles. The molecule has 0 aliphatic heterocycles. The molecule has 1 rings (SSSR count). The second-order valence-corrected chi connectivity index (χ2v) is 5.57. The van der Waals surface area contributed by atoms with Gasteiger partial charge in [-0.15, -0.1) is 0 Å². The van der Waals surface area contributed by atoms with Crippen LogP contribution in [-0.2, 0) is 9.53 Å². The molecule has 4 unspecified atom stereocenters. The van der Waals surface area contributed by atoms with Crippen molar-refractivity contribution in [2.45, 2.75) is 65.0 Å². The van der Waals surface area contributed by atoms with E-state index in [4.69, 9.17) is 4.74 Å². The van der Waals surface area contributed by atoms with Gasteiger partial charge in [-0.2, -0.15) is 0 Å². The molecular formula is C14H27NO2. The molecule has 0 aromatic rings. The maximum atomic E-state index is 12.2. The molecule has 3 heteroatoms. The second kappa shape index (κ2) is 5.85. The quantitative estimate of drug-likeness (QED) is 0.769. The molecule has 100 valence electrons. The van der Waals surface area contributed by atoms with E-state index in [1.807, 2.05) is 0 Å². The van der Waals surface area contributed by atoms with Crippen LogP contribution in [0.4, 0.5) is 0 Å². The number of nitrogens with one attached hydrogen (secondary N) is 1. The van der Waals surface area contributed by atoms with Gasteiger partial charge in [-0.05, 0) is 31.6 Å². The summed E-state index contributed by atoms with van der Waals surface area (Å²) in [6, 6.07) is 0.349. The van der Waals surface area contributed by atoms with Gasteiger partial charge in [0.25, 0.3) is 0 Å². The van der Waals surface area contributed by atoms with Gasteiger partial charge in [0.15, 0.2) is 0 Å². The summed E-state index contributed by atoms with van der Waals surface area (Å²) in [4.78, 5) is 12.2. The maximum absolute atomic E-state index is 12.2. The largest absolute Gasteiger partial charge is 0.468 e. The molecule has 17 heavy (non-hydrogen) atoms. The third kappa shape index (κ3) is 2.82. The van der Waals surface area contributed by atoms with E-state index < -0.39 is 5.54 Å². The number of rotatable bonds is 4. The Labute approximate surface area is 105 Å². The zero-order valence-electron chi connectivity index (χ0n) is 11.9. The van der Waals surface area contributed by atoms with E-state index in [1.54, 1.807) is 0 Å². The third-order valence-electron chi connectivity index (χ3n) is 4.53. The fourth-order valence-electron chi connectivity index (χ4n) is 2.94. The monoisotopic (exact) mass is 241 g/mol. The summed E-state index contributed by atoms with van der Waals surface area (Å²) < 4.78 is 5.06. The predicted molar refractivity (Wildman–Crippen MR) is 69.8 cm³/mol. The van der Waals surface area contributed by atoms with Crippen molar-refractivity contribution < 1.29 is 9.53 Å². The third-order valence-corrected chi connectivity index (χ3v) is 4.53. The van der Waals surface area contributed by atoms with Crippen LogP contribution in [0.25, 0.3) is 0 Å². The molecule has 1 saturated carbocycles. The summed E-state index contributed by atoms with van der Waals surface area (Å²) in [6.45, 7) is 8.69. The average molecular weight is 241 g/mol. The fraction of sp³-hybridized carbons (Fsp3) is 0.929. The Morgan fingerprint density at radius 2 is 2.18 bits per heavy atom. The summed E-state index contributed by atoms with van der Waals surface area (Å²) in [5, 5.41) is 3.54. The SMILES string of the molecule is CCC(C)NC1(C(=O)OC)CCCC(C)C1C. The van der Waals surface area contributed by atoms with Crippen molar-refractivity contribution in [3.8, 4) is 0 Å². The Morgan fingerprint density at radius 1 is 1.53 bits per heavy atom. The fourth-order valence-corrected chi connectivity index (χ4v) is 2.94. The topological polar surface area (TPSA) is 38.3 Å². The molecule has 0 radical (unpaired) electrons. The lowest BCUT2D eigenvalue weighted by molar-refractivity contribution is -0.154. The van der Waals surface area contributed by atoms with Crippen LogP contribution in [0, 0.1) is 11.8 Å². The van der Waals surface area contributed by atoms with Gasteiger partial charge in [0.05, 0.1) is 7.11 Å². The van der Waals surface area contributed by atoms with Crippen molar-refractivity contribution in [1.29, 1.82) is 0 Å². The van der Waals surface area contributed by atoms with Crippen molar-refractivity contribution in [3.63, 3.8) is 0 Å². The van der Waals surface area contributed by atoms with Crippen molar-refractivity contribution in [1.82, 2.24) is 5.32 Å². The molecule has 1 aliphatic rings. The molecule has 0 spiro atoms. The first-order chi connectivity index (χ1) is 7.97. The zero-order chi connectivity index (χ0) is 13.1. The van der Waals surface area contributed by atoms with Gasteiger partial charge in [-0.25, -0.2) is 0 Å². The van der Waals surface area contributed by atoms with Crippen LogP contribution in [-0.4, -0.2) is 24.7 Å². The van der Waals surface area contributed by atoms with Gasteiger partial charge < -0.3 is 4.74 Å². The van der Waals surface area contributed by atoms with E-state index >= 15 is 0 Å². The molecule has 0 aromatic carbocycles. The van der Waals surface area contributed by atoms with Crippen molar-refractivity contribution >= 4 is 5.97 Å². The smallest absolute Gasteiger partial charge is 0.326 e. The molecule has 0 amide bonds. The normalized spacial score (nSPS) is 35.4. The molecule has 0 heterocycles. The number of hydrogen-bond donors (Lipinski definition) is 1. The van der Waals surface area contributed by atoms with E-state index in [2.05, 4.69) is 33.0 Å². The lowest BCUT2D eigenvalue weighted by atomic mass is 9.68. The van der Waals surface area contributed by atoms with Crippen LogP contribution in [0.2, 0.25) is 0 Å². The lowest BCUT2D eigenvalue weighted by Crippen LogP contribution is -2.62. The van der Waals surface area contributed by atoms with E-state index in [0.29, 0.717) is 17.9 Å². The Balaban J connectivity index is 2.95. The Bertz CT molecular complexity index is 267. The second-order valence-electron chi connectivity index (χ2n) is 5.57. The van der Waals surface area contributed by atoms with Crippen LogP contribution in [0.1, 0.15) is 53.4 Å². The van der Waals surface area contributed by atoms with Gasteiger partial charge in [-0.3, -0.25) is 10.1 Å². The van der Waals surface area contributed by atoms with Gasteiger partial charge in [0, 0.05) is 6.04 Å². The van der Waals surface area contributed by atoms with Crippen molar-refractivity contribution in [3.05, 3.63) is 0 Å². The first-order valence-electron chi connectivity index (χ1n) is 6.84. The van der Waals surface area contributed by atoms with Crippen LogP contribution in [0.15, 0.2) is 0 Å². The number of carbonyl (C=O) groups is 1. The standard InChI is InChI=1S/C14H27NO2/c1-6-11(3)15-14(13(16)17-5)9-7-8-10(2)12(14)4/h10-12,15H,6-9H2,1-5H3. The van der Waals surface area contributed by atoms with Crippen molar-refractivity contribution in [2.75, 3.05) is 7.11 Å². The lowest BCUT2D eigenvalue weighted by Gasteiger charge is -2.45.